The fraction of sp³-hybridized carbons (Fsp3) is 0. The first-order chi connectivity index (χ1) is 8.99. The SMILES string of the molecule is O=C(Nc1cc(Br)ccc1O)c1c(F)cccc1F. The van der Waals surface area contributed by atoms with Crippen molar-refractivity contribution in [1.82, 2.24) is 0 Å². The molecule has 6 heteroatoms. The molecule has 19 heavy (non-hydrogen) atoms. The van der Waals surface area contributed by atoms with Gasteiger partial charge < -0.3 is 10.4 Å². The Morgan fingerprint density at radius 3 is 2.42 bits per heavy atom. The van der Waals surface area contributed by atoms with Gasteiger partial charge in [-0.05, 0) is 30.3 Å². The second-order valence-electron chi connectivity index (χ2n) is 3.71. The molecular formula is C13H8BrF2NO2. The van der Waals surface area contributed by atoms with Gasteiger partial charge in [0.25, 0.3) is 5.91 Å². The van der Waals surface area contributed by atoms with Crippen molar-refractivity contribution >= 4 is 27.5 Å². The lowest BCUT2D eigenvalue weighted by molar-refractivity contribution is 0.101. The van der Waals surface area contributed by atoms with Crippen molar-refractivity contribution in [1.29, 1.82) is 0 Å². The number of hydrogen-bond donors (Lipinski definition) is 2. The van der Waals surface area contributed by atoms with Gasteiger partial charge in [-0.25, -0.2) is 8.78 Å². The molecule has 0 atom stereocenters. The van der Waals surface area contributed by atoms with E-state index in [0.717, 1.165) is 18.2 Å². The summed E-state index contributed by atoms with van der Waals surface area (Å²) < 4.78 is 27.4. The summed E-state index contributed by atoms with van der Waals surface area (Å²) in [4.78, 5) is 11.8. The predicted octanol–water partition coefficient (Wildman–Crippen LogP) is 3.69. The van der Waals surface area contributed by atoms with Crippen molar-refractivity contribution in [3.05, 3.63) is 58.1 Å². The van der Waals surface area contributed by atoms with Crippen LogP contribution in [0.2, 0.25) is 0 Å². The number of carbonyl (C=O) groups is 1. The van der Waals surface area contributed by atoms with Gasteiger partial charge in [-0.2, -0.15) is 0 Å². The minimum Gasteiger partial charge on any atom is -0.506 e. The second-order valence-corrected chi connectivity index (χ2v) is 4.63. The zero-order chi connectivity index (χ0) is 14.0. The number of phenols is 1. The number of amides is 1. The lowest BCUT2D eigenvalue weighted by Gasteiger charge is -2.09. The fourth-order valence-corrected chi connectivity index (χ4v) is 1.87. The van der Waals surface area contributed by atoms with Gasteiger partial charge in [0, 0.05) is 4.47 Å². The van der Waals surface area contributed by atoms with E-state index in [1.165, 1.54) is 12.1 Å². The van der Waals surface area contributed by atoms with Crippen LogP contribution in [0.3, 0.4) is 0 Å². The van der Waals surface area contributed by atoms with E-state index in [0.29, 0.717) is 4.47 Å². The number of nitrogens with one attached hydrogen (secondary N) is 1. The number of carbonyl (C=O) groups excluding carboxylic acids is 1. The third-order valence-electron chi connectivity index (χ3n) is 2.40. The summed E-state index contributed by atoms with van der Waals surface area (Å²) in [5.74, 6) is -3.10. The van der Waals surface area contributed by atoms with E-state index in [9.17, 15) is 18.7 Å². The normalized spacial score (nSPS) is 10.3. The highest BCUT2D eigenvalue weighted by Crippen LogP contribution is 2.27. The quantitative estimate of drug-likeness (QED) is 0.826. The number of rotatable bonds is 2. The molecule has 0 aromatic heterocycles. The van der Waals surface area contributed by atoms with Gasteiger partial charge in [-0.15, -0.1) is 0 Å². The Morgan fingerprint density at radius 1 is 1.16 bits per heavy atom. The van der Waals surface area contributed by atoms with Gasteiger partial charge in [0.2, 0.25) is 0 Å². The first-order valence-electron chi connectivity index (χ1n) is 5.23. The summed E-state index contributed by atoms with van der Waals surface area (Å²) in [5, 5.41) is 11.8. The van der Waals surface area contributed by atoms with Crippen molar-refractivity contribution in [2.24, 2.45) is 0 Å². The summed E-state index contributed by atoms with van der Waals surface area (Å²) in [7, 11) is 0. The Bertz CT molecular complexity index is 626. The average molecular weight is 328 g/mol. The third-order valence-corrected chi connectivity index (χ3v) is 2.89. The van der Waals surface area contributed by atoms with Crippen LogP contribution in [0.15, 0.2) is 40.9 Å². The summed E-state index contributed by atoms with van der Waals surface area (Å²) in [6, 6.07) is 7.47. The lowest BCUT2D eigenvalue weighted by Crippen LogP contribution is -2.15. The molecule has 0 aliphatic carbocycles. The van der Waals surface area contributed by atoms with E-state index in [1.54, 1.807) is 6.07 Å². The molecule has 0 spiro atoms. The third kappa shape index (κ3) is 2.90. The zero-order valence-electron chi connectivity index (χ0n) is 9.45. The molecule has 0 saturated heterocycles. The molecule has 0 aliphatic heterocycles. The van der Waals surface area contributed by atoms with Crippen LogP contribution in [0.5, 0.6) is 5.75 Å². The predicted molar refractivity (Wildman–Crippen MR) is 70.1 cm³/mol. The number of benzene rings is 2. The largest absolute Gasteiger partial charge is 0.506 e. The Kier molecular flexibility index (Phi) is 3.80. The van der Waals surface area contributed by atoms with Crippen LogP contribution in [0.25, 0.3) is 0 Å². The number of hydrogen-bond acceptors (Lipinski definition) is 2. The summed E-state index contributed by atoms with van der Waals surface area (Å²) in [6.45, 7) is 0. The van der Waals surface area contributed by atoms with Crippen molar-refractivity contribution in [3.8, 4) is 5.75 Å². The maximum Gasteiger partial charge on any atom is 0.261 e. The number of aromatic hydroxyl groups is 1. The molecule has 98 valence electrons. The van der Waals surface area contributed by atoms with Crippen molar-refractivity contribution in [2.45, 2.75) is 0 Å². The van der Waals surface area contributed by atoms with Crippen LogP contribution in [0, 0.1) is 11.6 Å². The smallest absolute Gasteiger partial charge is 0.261 e. The maximum atomic E-state index is 13.4. The van der Waals surface area contributed by atoms with Crippen molar-refractivity contribution < 1.29 is 18.7 Å². The summed E-state index contributed by atoms with van der Waals surface area (Å²) >= 11 is 3.16. The van der Waals surface area contributed by atoms with Crippen LogP contribution < -0.4 is 5.32 Å². The molecule has 0 bridgehead atoms. The molecule has 2 N–H and O–H groups in total. The zero-order valence-corrected chi connectivity index (χ0v) is 11.0. The summed E-state index contributed by atoms with van der Waals surface area (Å²) in [6.07, 6.45) is 0. The first-order valence-corrected chi connectivity index (χ1v) is 6.02. The van der Waals surface area contributed by atoms with Crippen molar-refractivity contribution in [2.75, 3.05) is 5.32 Å². The Hall–Kier alpha value is -1.95. The van der Waals surface area contributed by atoms with E-state index in [4.69, 9.17) is 0 Å². The Morgan fingerprint density at radius 2 is 1.79 bits per heavy atom. The molecule has 0 heterocycles. The van der Waals surface area contributed by atoms with E-state index in [-0.39, 0.29) is 11.4 Å². The molecule has 3 nitrogen and oxygen atoms in total. The second kappa shape index (κ2) is 5.36. The monoisotopic (exact) mass is 327 g/mol. The molecule has 2 aromatic carbocycles. The molecule has 0 radical (unpaired) electrons. The topological polar surface area (TPSA) is 49.3 Å². The van der Waals surface area contributed by atoms with Gasteiger partial charge in [0.05, 0.1) is 5.69 Å². The van der Waals surface area contributed by atoms with Crippen LogP contribution in [-0.2, 0) is 0 Å². The number of phenolic OH excluding ortho intramolecular Hbond substituents is 1. The first kappa shape index (κ1) is 13.5. The average Bonchev–Trinajstić information content (AvgIpc) is 2.33. The van der Waals surface area contributed by atoms with Crippen LogP contribution in [0.4, 0.5) is 14.5 Å². The van der Waals surface area contributed by atoms with E-state index in [2.05, 4.69) is 21.2 Å². The molecule has 0 aliphatic rings. The van der Waals surface area contributed by atoms with Gasteiger partial charge in [-0.3, -0.25) is 4.79 Å². The molecule has 1 amide bonds. The highest BCUT2D eigenvalue weighted by Gasteiger charge is 2.18. The minimum atomic E-state index is -0.969. The molecular weight excluding hydrogens is 320 g/mol. The minimum absolute atomic E-state index is 0.0574. The molecule has 0 saturated carbocycles. The van der Waals surface area contributed by atoms with Crippen LogP contribution in [0.1, 0.15) is 10.4 Å². The maximum absolute atomic E-state index is 13.4. The van der Waals surface area contributed by atoms with E-state index < -0.39 is 23.1 Å². The highest BCUT2D eigenvalue weighted by atomic mass is 79.9. The van der Waals surface area contributed by atoms with Gasteiger partial charge in [-0.1, -0.05) is 22.0 Å². The standard InChI is InChI=1S/C13H8BrF2NO2/c14-7-4-5-11(18)10(6-7)17-13(19)12-8(15)2-1-3-9(12)16/h1-6,18H,(H,17,19). The highest BCUT2D eigenvalue weighted by molar-refractivity contribution is 9.10. The fourth-order valence-electron chi connectivity index (χ4n) is 1.51. The van der Waals surface area contributed by atoms with Crippen molar-refractivity contribution in [3.63, 3.8) is 0 Å². The molecule has 2 aromatic rings. The van der Waals surface area contributed by atoms with E-state index in [1.807, 2.05) is 0 Å². The molecule has 0 unspecified atom stereocenters. The van der Waals surface area contributed by atoms with Gasteiger partial charge >= 0.3 is 0 Å². The Labute approximate surface area is 116 Å². The number of halogens is 3. The van der Waals surface area contributed by atoms with Crippen LogP contribution in [-0.4, -0.2) is 11.0 Å². The van der Waals surface area contributed by atoms with Crippen LogP contribution >= 0.6 is 15.9 Å². The Balaban J connectivity index is 2.34. The molecule has 2 rings (SSSR count). The number of anilines is 1. The van der Waals surface area contributed by atoms with Gasteiger partial charge in [0.15, 0.2) is 0 Å². The molecule has 0 fully saturated rings. The summed E-state index contributed by atoms with van der Waals surface area (Å²) in [5.41, 5.74) is -0.635. The lowest BCUT2D eigenvalue weighted by atomic mass is 10.1. The van der Waals surface area contributed by atoms with Gasteiger partial charge in [0.1, 0.15) is 22.9 Å². The van der Waals surface area contributed by atoms with E-state index >= 15 is 0 Å².